The summed E-state index contributed by atoms with van der Waals surface area (Å²) in [7, 11) is 0. The quantitative estimate of drug-likeness (QED) is 0.234. The fraction of sp³-hybridized carbons (Fsp3) is 0.483. The van der Waals surface area contributed by atoms with Gasteiger partial charge in [-0.25, -0.2) is 19.9 Å². The Labute approximate surface area is 256 Å². The van der Waals surface area contributed by atoms with E-state index in [1.165, 1.54) is 0 Å². The van der Waals surface area contributed by atoms with Gasteiger partial charge in [0, 0.05) is 88.1 Å². The molecule has 0 aliphatic carbocycles. The number of pyridine rings is 1. The number of hydrogen-bond acceptors (Lipinski definition) is 12. The number of nitrogen functional groups attached to an aromatic ring is 1. The summed E-state index contributed by atoms with van der Waals surface area (Å²) in [6.07, 6.45) is 11.2. The Kier molecular flexibility index (Phi) is 13.2. The highest BCUT2D eigenvalue weighted by molar-refractivity contribution is 9.10. The summed E-state index contributed by atoms with van der Waals surface area (Å²) in [5.74, 6) is 7.31. The molecule has 0 aromatic carbocycles. The van der Waals surface area contributed by atoms with Gasteiger partial charge in [0.2, 0.25) is 11.9 Å². The van der Waals surface area contributed by atoms with Crippen LogP contribution in [0.25, 0.3) is 0 Å². The topological polar surface area (TPSA) is 139 Å². The average molecular weight is 640 g/mol. The van der Waals surface area contributed by atoms with Crippen LogP contribution in [0.15, 0.2) is 47.7 Å². The van der Waals surface area contributed by atoms with Crippen molar-refractivity contribution in [3.8, 4) is 11.8 Å². The van der Waals surface area contributed by atoms with Crippen LogP contribution in [0.2, 0.25) is 0 Å². The summed E-state index contributed by atoms with van der Waals surface area (Å²) in [5, 5.41) is 6.48. The van der Waals surface area contributed by atoms with Gasteiger partial charge in [-0.05, 0) is 41.9 Å². The molecule has 0 saturated carbocycles. The number of rotatable bonds is 9. The summed E-state index contributed by atoms with van der Waals surface area (Å²) in [5.41, 5.74) is 7.80. The number of ether oxygens (including phenoxy) is 2. The third-order valence-corrected chi connectivity index (χ3v) is 7.05. The normalized spacial score (nSPS) is 16.3. The van der Waals surface area contributed by atoms with E-state index < -0.39 is 0 Å². The van der Waals surface area contributed by atoms with Gasteiger partial charge >= 0.3 is 0 Å². The van der Waals surface area contributed by atoms with Crippen LogP contribution in [0.3, 0.4) is 0 Å². The zero-order valence-electron chi connectivity index (χ0n) is 24.0. The van der Waals surface area contributed by atoms with E-state index in [9.17, 15) is 0 Å². The minimum atomic E-state index is 0.464. The number of nitrogens with zero attached hydrogens (tertiary/aromatic N) is 7. The fourth-order valence-electron chi connectivity index (χ4n) is 4.27. The summed E-state index contributed by atoms with van der Waals surface area (Å²) >= 11 is 3.31. The van der Waals surface area contributed by atoms with Crippen molar-refractivity contribution in [2.75, 3.05) is 88.6 Å². The highest BCUT2D eigenvalue weighted by Crippen LogP contribution is 2.09. The molecule has 2 saturated heterocycles. The van der Waals surface area contributed by atoms with Crippen molar-refractivity contribution in [1.82, 2.24) is 34.7 Å². The number of aromatic nitrogens is 5. The highest BCUT2D eigenvalue weighted by atomic mass is 79.9. The summed E-state index contributed by atoms with van der Waals surface area (Å²) in [6.45, 7) is 12.4. The molecule has 12 nitrogen and oxygen atoms in total. The van der Waals surface area contributed by atoms with Gasteiger partial charge in [0.05, 0.1) is 42.2 Å². The van der Waals surface area contributed by atoms with Crippen LogP contribution < -0.4 is 16.4 Å². The standard InChI is InChI=1S/C18H22N6O.C11H17BrN4O/c19-17-10-15(11-20-14-17)2-3-16-12-22-18(23-13-16)21-4-1-5-24-6-8-25-9-7-24;1-9(16-2-4-17-5-3-16)6-13-11-14-7-10(12)8-15-11/h10-14H,1,4-9,19H2,(H,21,22,23);7-9H,2-6H2,1H3,(H,13,14,15). The predicted molar refractivity (Wildman–Crippen MR) is 167 cm³/mol. The highest BCUT2D eigenvalue weighted by Gasteiger charge is 2.16. The van der Waals surface area contributed by atoms with Crippen molar-refractivity contribution in [3.05, 3.63) is 58.8 Å². The van der Waals surface area contributed by atoms with Crippen LogP contribution in [-0.2, 0) is 9.47 Å². The van der Waals surface area contributed by atoms with Gasteiger partial charge in [0.15, 0.2) is 0 Å². The number of nitrogens with two attached hydrogens (primary N) is 1. The first-order valence-electron chi connectivity index (χ1n) is 14.2. The Balaban J connectivity index is 0.000000208. The van der Waals surface area contributed by atoms with Crippen LogP contribution in [0, 0.1) is 11.8 Å². The second-order valence-electron chi connectivity index (χ2n) is 9.89. The SMILES string of the molecule is CC(CNc1ncc(Br)cn1)N1CCOCC1.Nc1cncc(C#Cc2cnc(NCCCN3CCOCC3)nc2)c1. The number of halogens is 1. The monoisotopic (exact) mass is 638 g/mol. The molecule has 1 unspecified atom stereocenters. The molecule has 0 spiro atoms. The number of hydrogen-bond donors (Lipinski definition) is 3. The molecule has 2 fully saturated rings. The molecule has 224 valence electrons. The van der Waals surface area contributed by atoms with E-state index in [0.717, 1.165) is 94.3 Å². The lowest BCUT2D eigenvalue weighted by Gasteiger charge is -2.32. The Hall–Kier alpha value is -3.41. The molecule has 0 radical (unpaired) electrons. The largest absolute Gasteiger partial charge is 0.397 e. The zero-order valence-corrected chi connectivity index (χ0v) is 25.6. The average Bonchev–Trinajstić information content (AvgIpc) is 3.03. The maximum atomic E-state index is 5.68. The Bertz CT molecular complexity index is 1260. The van der Waals surface area contributed by atoms with E-state index in [1.54, 1.807) is 43.2 Å². The van der Waals surface area contributed by atoms with E-state index in [2.05, 4.69) is 80.0 Å². The van der Waals surface area contributed by atoms with Crippen molar-refractivity contribution in [1.29, 1.82) is 0 Å². The van der Waals surface area contributed by atoms with Gasteiger partial charge in [-0.2, -0.15) is 0 Å². The molecule has 1 atom stereocenters. The molecule has 0 amide bonds. The molecule has 5 heterocycles. The Morgan fingerprint density at radius 2 is 1.48 bits per heavy atom. The second kappa shape index (κ2) is 17.5. The smallest absolute Gasteiger partial charge is 0.222 e. The zero-order chi connectivity index (χ0) is 29.4. The van der Waals surface area contributed by atoms with E-state index in [1.807, 2.05) is 0 Å². The van der Waals surface area contributed by atoms with Crippen LogP contribution in [0.4, 0.5) is 17.6 Å². The van der Waals surface area contributed by atoms with Gasteiger partial charge in [0.25, 0.3) is 0 Å². The van der Waals surface area contributed by atoms with Gasteiger partial charge in [-0.15, -0.1) is 0 Å². The predicted octanol–water partition coefficient (Wildman–Crippen LogP) is 2.36. The minimum absolute atomic E-state index is 0.464. The maximum absolute atomic E-state index is 5.68. The first kappa shape index (κ1) is 31.5. The molecule has 42 heavy (non-hydrogen) atoms. The molecule has 3 aromatic heterocycles. The first-order valence-corrected chi connectivity index (χ1v) is 15.0. The number of anilines is 3. The van der Waals surface area contributed by atoms with Crippen LogP contribution in [0.5, 0.6) is 0 Å². The van der Waals surface area contributed by atoms with Gasteiger partial charge < -0.3 is 25.8 Å². The number of morpholine rings is 2. The Morgan fingerprint density at radius 3 is 2.17 bits per heavy atom. The van der Waals surface area contributed by atoms with Crippen molar-refractivity contribution in [2.24, 2.45) is 0 Å². The molecule has 13 heteroatoms. The van der Waals surface area contributed by atoms with Crippen molar-refractivity contribution < 1.29 is 9.47 Å². The molecular weight excluding hydrogens is 600 g/mol. The fourth-order valence-corrected chi connectivity index (χ4v) is 4.48. The summed E-state index contributed by atoms with van der Waals surface area (Å²) < 4.78 is 11.6. The van der Waals surface area contributed by atoms with E-state index in [-0.39, 0.29) is 0 Å². The van der Waals surface area contributed by atoms with Crippen molar-refractivity contribution in [2.45, 2.75) is 19.4 Å². The second-order valence-corrected chi connectivity index (χ2v) is 10.8. The van der Waals surface area contributed by atoms with Gasteiger partial charge in [-0.1, -0.05) is 11.8 Å². The molecular formula is C29H39BrN10O2. The molecule has 2 aliphatic heterocycles. The lowest BCUT2D eigenvalue weighted by Crippen LogP contribution is -2.45. The molecule has 4 N–H and O–H groups in total. The van der Waals surface area contributed by atoms with E-state index in [4.69, 9.17) is 15.2 Å². The third-order valence-electron chi connectivity index (χ3n) is 6.65. The van der Waals surface area contributed by atoms with Crippen molar-refractivity contribution >= 4 is 33.5 Å². The lowest BCUT2D eigenvalue weighted by atomic mass is 10.2. The van der Waals surface area contributed by atoms with Crippen LogP contribution >= 0.6 is 15.9 Å². The molecule has 3 aromatic rings. The van der Waals surface area contributed by atoms with Gasteiger partial charge in [0.1, 0.15) is 0 Å². The minimum Gasteiger partial charge on any atom is -0.397 e. The lowest BCUT2D eigenvalue weighted by molar-refractivity contribution is 0.0227. The molecule has 0 bridgehead atoms. The molecule has 5 rings (SSSR count). The van der Waals surface area contributed by atoms with Crippen molar-refractivity contribution in [3.63, 3.8) is 0 Å². The van der Waals surface area contributed by atoms with Crippen LogP contribution in [-0.4, -0.2) is 113 Å². The van der Waals surface area contributed by atoms with Gasteiger partial charge in [-0.3, -0.25) is 14.8 Å². The van der Waals surface area contributed by atoms with E-state index in [0.29, 0.717) is 23.6 Å². The first-order chi connectivity index (χ1) is 20.5. The van der Waals surface area contributed by atoms with E-state index >= 15 is 0 Å². The maximum Gasteiger partial charge on any atom is 0.222 e. The number of nitrogens with one attached hydrogen (secondary N) is 2. The third kappa shape index (κ3) is 11.5. The molecule has 2 aliphatic rings. The van der Waals surface area contributed by atoms with Crippen LogP contribution in [0.1, 0.15) is 24.5 Å². The summed E-state index contributed by atoms with van der Waals surface area (Å²) in [4.78, 5) is 25.8. The Morgan fingerprint density at radius 1 is 0.857 bits per heavy atom. The summed E-state index contributed by atoms with van der Waals surface area (Å²) in [6, 6.07) is 2.25.